The highest BCUT2D eigenvalue weighted by molar-refractivity contribution is 6.32. The van der Waals surface area contributed by atoms with Crippen LogP contribution in [0.1, 0.15) is 35.2 Å². The summed E-state index contributed by atoms with van der Waals surface area (Å²) in [5.41, 5.74) is 1.40. The molecule has 0 aromatic heterocycles. The smallest absolute Gasteiger partial charge is 0.260 e. The molecule has 3 aromatic carbocycles. The molecule has 1 aliphatic heterocycles. The minimum Gasteiger partial charge on any atom is -0.506 e. The molecule has 10 heteroatoms. The number of carbonyl (C=O) groups excluding carboxylic acids is 2. The Labute approximate surface area is 238 Å². The summed E-state index contributed by atoms with van der Waals surface area (Å²) < 4.78 is 11.7. The van der Waals surface area contributed by atoms with Gasteiger partial charge in [-0.25, -0.2) is 0 Å². The SMILES string of the molecule is CN(CNC(=O)c1ccc(O)c(Cl)c1)Cc1ccc(OCC(=O)N(CCC#N)CC2CCCO2)c2ccccc12. The summed E-state index contributed by atoms with van der Waals surface area (Å²) >= 11 is 5.92. The van der Waals surface area contributed by atoms with Crippen molar-refractivity contribution in [2.45, 2.75) is 31.9 Å². The van der Waals surface area contributed by atoms with Gasteiger partial charge in [-0.1, -0.05) is 41.9 Å². The summed E-state index contributed by atoms with van der Waals surface area (Å²) in [5.74, 6) is 0.0545. The number of aromatic hydroxyl groups is 1. The third-order valence-corrected chi connectivity index (χ3v) is 7.08. The molecule has 1 fully saturated rings. The van der Waals surface area contributed by atoms with E-state index in [0.717, 1.165) is 29.2 Å². The van der Waals surface area contributed by atoms with E-state index in [1.807, 2.05) is 48.3 Å². The largest absolute Gasteiger partial charge is 0.506 e. The molecule has 0 spiro atoms. The minimum atomic E-state index is -0.296. The van der Waals surface area contributed by atoms with Crippen molar-refractivity contribution in [2.75, 3.05) is 40.0 Å². The second-order valence-electron chi connectivity index (χ2n) is 9.78. The number of phenols is 1. The highest BCUT2D eigenvalue weighted by Crippen LogP contribution is 2.29. The van der Waals surface area contributed by atoms with Gasteiger partial charge in [-0.3, -0.25) is 14.5 Å². The van der Waals surface area contributed by atoms with Crippen molar-refractivity contribution in [3.05, 3.63) is 70.7 Å². The molecule has 40 heavy (non-hydrogen) atoms. The fraction of sp³-hybridized carbons (Fsp3) is 0.367. The maximum atomic E-state index is 13.0. The Morgan fingerprint density at radius 3 is 2.73 bits per heavy atom. The number of ether oxygens (including phenoxy) is 2. The predicted octanol–water partition coefficient (Wildman–Crippen LogP) is 4.32. The number of nitrogens with one attached hydrogen (secondary N) is 1. The zero-order valence-corrected chi connectivity index (χ0v) is 23.2. The number of nitriles is 1. The first-order chi connectivity index (χ1) is 19.4. The van der Waals surface area contributed by atoms with E-state index in [2.05, 4.69) is 11.4 Å². The number of hydrogen-bond acceptors (Lipinski definition) is 7. The van der Waals surface area contributed by atoms with Crippen molar-refractivity contribution in [1.82, 2.24) is 15.1 Å². The Morgan fingerprint density at radius 2 is 2.00 bits per heavy atom. The van der Waals surface area contributed by atoms with Gasteiger partial charge in [0.15, 0.2) is 6.61 Å². The zero-order chi connectivity index (χ0) is 28.5. The summed E-state index contributed by atoms with van der Waals surface area (Å²) in [6.45, 7) is 2.23. The molecular weight excluding hydrogens is 532 g/mol. The van der Waals surface area contributed by atoms with E-state index in [1.54, 1.807) is 4.90 Å². The molecule has 3 aromatic rings. The first-order valence-electron chi connectivity index (χ1n) is 13.2. The van der Waals surface area contributed by atoms with Gasteiger partial charge in [0, 0.05) is 37.2 Å². The molecule has 9 nitrogen and oxygen atoms in total. The van der Waals surface area contributed by atoms with Gasteiger partial charge in [-0.05, 0) is 55.1 Å². The molecule has 0 radical (unpaired) electrons. The molecule has 2 amide bonds. The third-order valence-electron chi connectivity index (χ3n) is 6.78. The summed E-state index contributed by atoms with van der Waals surface area (Å²) in [6.07, 6.45) is 2.15. The Balaban J connectivity index is 1.38. The molecule has 2 N–H and O–H groups in total. The van der Waals surface area contributed by atoms with E-state index < -0.39 is 0 Å². The van der Waals surface area contributed by atoms with E-state index in [4.69, 9.17) is 26.3 Å². The summed E-state index contributed by atoms with van der Waals surface area (Å²) in [7, 11) is 1.89. The Hall–Kier alpha value is -3.84. The van der Waals surface area contributed by atoms with Crippen LogP contribution in [0.4, 0.5) is 0 Å². The van der Waals surface area contributed by atoms with E-state index >= 15 is 0 Å². The highest BCUT2D eigenvalue weighted by atomic mass is 35.5. The van der Waals surface area contributed by atoms with Gasteiger partial charge in [0.05, 0.1) is 30.3 Å². The van der Waals surface area contributed by atoms with Crippen LogP contribution in [0.3, 0.4) is 0 Å². The molecule has 1 aliphatic rings. The van der Waals surface area contributed by atoms with Crippen LogP contribution in [0.5, 0.6) is 11.5 Å². The van der Waals surface area contributed by atoms with Crippen LogP contribution in [-0.2, 0) is 16.1 Å². The number of rotatable bonds is 12. The Morgan fingerprint density at radius 1 is 1.20 bits per heavy atom. The van der Waals surface area contributed by atoms with Gasteiger partial charge in [-0.15, -0.1) is 0 Å². The fourth-order valence-corrected chi connectivity index (χ4v) is 4.85. The van der Waals surface area contributed by atoms with Crippen LogP contribution in [0.2, 0.25) is 5.02 Å². The molecule has 4 rings (SSSR count). The lowest BCUT2D eigenvalue weighted by molar-refractivity contribution is -0.134. The normalized spacial score (nSPS) is 14.7. The van der Waals surface area contributed by atoms with Crippen LogP contribution in [0, 0.1) is 11.3 Å². The maximum Gasteiger partial charge on any atom is 0.260 e. The maximum absolute atomic E-state index is 13.0. The average Bonchev–Trinajstić information content (AvgIpc) is 3.48. The lowest BCUT2D eigenvalue weighted by atomic mass is 10.0. The summed E-state index contributed by atoms with van der Waals surface area (Å²) in [6, 6.07) is 18.1. The topological polar surface area (TPSA) is 115 Å². The van der Waals surface area contributed by atoms with Crippen molar-refractivity contribution in [2.24, 2.45) is 0 Å². The number of halogens is 1. The van der Waals surface area contributed by atoms with Crippen LogP contribution >= 0.6 is 11.6 Å². The lowest BCUT2D eigenvalue weighted by Crippen LogP contribution is -2.40. The first-order valence-corrected chi connectivity index (χ1v) is 13.6. The van der Waals surface area contributed by atoms with Gasteiger partial charge < -0.3 is 24.8 Å². The van der Waals surface area contributed by atoms with E-state index in [-0.39, 0.29) is 41.7 Å². The van der Waals surface area contributed by atoms with Gasteiger partial charge in [0.1, 0.15) is 11.5 Å². The minimum absolute atomic E-state index is 0.00317. The number of carbonyl (C=O) groups is 2. The van der Waals surface area contributed by atoms with Gasteiger partial charge in [-0.2, -0.15) is 5.26 Å². The second-order valence-corrected chi connectivity index (χ2v) is 10.2. The molecule has 1 atom stereocenters. The van der Waals surface area contributed by atoms with Gasteiger partial charge >= 0.3 is 0 Å². The monoisotopic (exact) mass is 564 g/mol. The number of hydrogen-bond donors (Lipinski definition) is 2. The van der Waals surface area contributed by atoms with Crippen LogP contribution in [-0.4, -0.2) is 72.8 Å². The van der Waals surface area contributed by atoms with Crippen molar-refractivity contribution in [3.63, 3.8) is 0 Å². The number of nitrogens with zero attached hydrogens (tertiary/aromatic N) is 3. The summed E-state index contributed by atoms with van der Waals surface area (Å²) in [4.78, 5) is 29.1. The molecule has 210 valence electrons. The number of amides is 2. The van der Waals surface area contributed by atoms with Crippen molar-refractivity contribution in [1.29, 1.82) is 5.26 Å². The molecule has 0 aliphatic carbocycles. The van der Waals surface area contributed by atoms with Gasteiger partial charge in [0.2, 0.25) is 0 Å². The molecule has 1 heterocycles. The van der Waals surface area contributed by atoms with Crippen LogP contribution in [0.15, 0.2) is 54.6 Å². The van der Waals surface area contributed by atoms with Crippen molar-refractivity contribution >= 4 is 34.2 Å². The summed E-state index contributed by atoms with van der Waals surface area (Å²) in [5, 5.41) is 23.4. The van der Waals surface area contributed by atoms with Crippen molar-refractivity contribution < 1.29 is 24.2 Å². The van der Waals surface area contributed by atoms with Crippen LogP contribution < -0.4 is 10.1 Å². The van der Waals surface area contributed by atoms with Gasteiger partial charge in [0.25, 0.3) is 11.8 Å². The first kappa shape index (κ1) is 29.2. The Kier molecular flexibility index (Phi) is 10.2. The third kappa shape index (κ3) is 7.63. The predicted molar refractivity (Wildman–Crippen MR) is 152 cm³/mol. The second kappa shape index (κ2) is 14.0. The Bertz CT molecular complexity index is 1390. The molecule has 0 saturated carbocycles. The van der Waals surface area contributed by atoms with E-state index in [9.17, 15) is 14.7 Å². The van der Waals surface area contributed by atoms with Crippen LogP contribution in [0.25, 0.3) is 10.8 Å². The zero-order valence-electron chi connectivity index (χ0n) is 22.4. The average molecular weight is 565 g/mol. The molecular formula is C30H33ClN4O5. The quantitative estimate of drug-likeness (QED) is 0.315. The molecule has 1 unspecified atom stereocenters. The number of benzene rings is 3. The number of phenolic OH excluding ortho intramolecular Hbond substituents is 1. The molecule has 0 bridgehead atoms. The fourth-order valence-electron chi connectivity index (χ4n) is 4.67. The number of fused-ring (bicyclic) bond motifs is 1. The van der Waals surface area contributed by atoms with E-state index in [0.29, 0.717) is 44.2 Å². The molecule has 1 saturated heterocycles. The highest BCUT2D eigenvalue weighted by Gasteiger charge is 2.23. The van der Waals surface area contributed by atoms with Crippen molar-refractivity contribution in [3.8, 4) is 17.6 Å². The van der Waals surface area contributed by atoms with E-state index in [1.165, 1.54) is 18.2 Å². The standard InChI is InChI=1S/C30H33ClN4O5/c1-34(20-33-30(38)21-9-11-27(36)26(31)16-21)17-22-10-12-28(25-8-3-2-7-24(22)25)40-19-29(37)35(14-5-13-32)18-23-6-4-15-39-23/h2-3,7-12,16,23,36H,4-6,14-15,17-20H2,1H3,(H,33,38). The lowest BCUT2D eigenvalue weighted by Gasteiger charge is -2.25.